The van der Waals surface area contributed by atoms with Crippen LogP contribution < -0.4 is 10.6 Å². The lowest BCUT2D eigenvalue weighted by Crippen LogP contribution is -2.41. The van der Waals surface area contributed by atoms with Gasteiger partial charge in [0.1, 0.15) is 12.7 Å². The number of para-hydroxylation sites is 1. The van der Waals surface area contributed by atoms with Crippen molar-refractivity contribution in [2.45, 2.75) is 19.0 Å². The number of halogens is 3. The fraction of sp³-hybridized carbons (Fsp3) is 0.304. The minimum atomic E-state index is -4.55. The van der Waals surface area contributed by atoms with E-state index in [0.717, 1.165) is 17.8 Å². The molecule has 0 spiro atoms. The van der Waals surface area contributed by atoms with Crippen LogP contribution in [-0.2, 0) is 15.8 Å². The van der Waals surface area contributed by atoms with Crippen molar-refractivity contribution in [3.63, 3.8) is 0 Å². The maximum absolute atomic E-state index is 13.2. The van der Waals surface area contributed by atoms with E-state index in [4.69, 9.17) is 0 Å². The van der Waals surface area contributed by atoms with Crippen LogP contribution in [0.4, 0.5) is 24.5 Å². The second-order valence-corrected chi connectivity index (χ2v) is 8.02. The summed E-state index contributed by atoms with van der Waals surface area (Å²) >= 11 is 0. The molecule has 0 atom stereocenters. The lowest BCUT2D eigenvalue weighted by atomic mass is 9.96. The van der Waals surface area contributed by atoms with Gasteiger partial charge in [0.25, 0.3) is 0 Å². The Morgan fingerprint density at radius 1 is 1.03 bits per heavy atom. The molecule has 8 nitrogen and oxygen atoms in total. The van der Waals surface area contributed by atoms with Gasteiger partial charge in [-0.15, -0.1) is 0 Å². The minimum Gasteiger partial charge on any atom is -0.326 e. The molecule has 1 aliphatic rings. The normalized spacial score (nSPS) is 15.1. The summed E-state index contributed by atoms with van der Waals surface area (Å²) < 4.78 is 40.9. The smallest absolute Gasteiger partial charge is 0.326 e. The first-order chi connectivity index (χ1) is 16.3. The van der Waals surface area contributed by atoms with Crippen LogP contribution in [0.3, 0.4) is 0 Å². The van der Waals surface area contributed by atoms with Gasteiger partial charge >= 0.3 is 6.18 Å². The van der Waals surface area contributed by atoms with Crippen LogP contribution in [0.1, 0.15) is 18.4 Å². The number of carbonyl (C=O) groups is 2. The summed E-state index contributed by atoms with van der Waals surface area (Å²) in [7, 11) is 0. The standard InChI is InChI=1S/C23H23F3N6O2/c24-23(25,26)17-6-7-20(32-15-27-14-28-32)19(12-17)30-21(33)13-31-10-8-16(9-11-31)22(34)29-18-4-2-1-3-5-18/h1-7,12,14-16H,8-11,13H2,(H,29,34)(H,30,33). The number of hydrogen-bond donors (Lipinski definition) is 2. The van der Waals surface area contributed by atoms with E-state index in [9.17, 15) is 22.8 Å². The lowest BCUT2D eigenvalue weighted by Gasteiger charge is -2.30. The molecule has 178 valence electrons. The van der Waals surface area contributed by atoms with E-state index in [-0.39, 0.29) is 29.7 Å². The fourth-order valence-electron chi connectivity index (χ4n) is 3.86. The van der Waals surface area contributed by atoms with Crippen molar-refractivity contribution in [1.29, 1.82) is 0 Å². The summed E-state index contributed by atoms with van der Waals surface area (Å²) in [6, 6.07) is 12.2. The molecule has 2 aromatic carbocycles. The zero-order valence-electron chi connectivity index (χ0n) is 18.1. The molecule has 1 fully saturated rings. The summed E-state index contributed by atoms with van der Waals surface area (Å²) in [5.41, 5.74) is 0.119. The molecule has 34 heavy (non-hydrogen) atoms. The predicted molar refractivity (Wildman–Crippen MR) is 119 cm³/mol. The van der Waals surface area contributed by atoms with E-state index >= 15 is 0 Å². The molecular formula is C23H23F3N6O2. The number of amides is 2. The first-order valence-electron chi connectivity index (χ1n) is 10.7. The molecule has 0 radical (unpaired) electrons. The van der Waals surface area contributed by atoms with Gasteiger partial charge in [-0.05, 0) is 56.3 Å². The average molecular weight is 472 g/mol. The molecule has 1 aromatic heterocycles. The van der Waals surface area contributed by atoms with Crippen LogP contribution in [0.5, 0.6) is 0 Å². The number of likely N-dealkylation sites (tertiary alicyclic amines) is 1. The highest BCUT2D eigenvalue weighted by atomic mass is 19.4. The number of carbonyl (C=O) groups excluding carboxylic acids is 2. The Kier molecular flexibility index (Phi) is 6.92. The van der Waals surface area contributed by atoms with Gasteiger partial charge in [0.05, 0.1) is 23.5 Å². The molecule has 0 unspecified atom stereocenters. The summed E-state index contributed by atoms with van der Waals surface area (Å²) in [5, 5.41) is 9.41. The number of piperidine rings is 1. The number of alkyl halides is 3. The second-order valence-electron chi connectivity index (χ2n) is 8.02. The number of benzene rings is 2. The summed E-state index contributed by atoms with van der Waals surface area (Å²) in [6.45, 7) is 1.05. The van der Waals surface area contributed by atoms with Crippen LogP contribution >= 0.6 is 0 Å². The van der Waals surface area contributed by atoms with E-state index in [2.05, 4.69) is 20.7 Å². The maximum Gasteiger partial charge on any atom is 0.416 e. The van der Waals surface area contributed by atoms with Crippen molar-refractivity contribution in [3.8, 4) is 5.69 Å². The van der Waals surface area contributed by atoms with Crippen molar-refractivity contribution < 1.29 is 22.8 Å². The number of aromatic nitrogens is 3. The Morgan fingerprint density at radius 3 is 2.41 bits per heavy atom. The van der Waals surface area contributed by atoms with Gasteiger partial charge in [0, 0.05) is 11.6 Å². The molecule has 2 amide bonds. The van der Waals surface area contributed by atoms with Gasteiger partial charge in [-0.25, -0.2) is 9.67 Å². The highest BCUT2D eigenvalue weighted by Crippen LogP contribution is 2.33. The molecule has 2 heterocycles. The summed E-state index contributed by atoms with van der Waals surface area (Å²) in [5.74, 6) is -0.675. The molecule has 0 saturated carbocycles. The van der Waals surface area contributed by atoms with Gasteiger partial charge in [-0.3, -0.25) is 14.5 Å². The summed E-state index contributed by atoms with van der Waals surface area (Å²) in [4.78, 5) is 30.8. The van der Waals surface area contributed by atoms with E-state index in [0.29, 0.717) is 25.9 Å². The van der Waals surface area contributed by atoms with Crippen molar-refractivity contribution in [1.82, 2.24) is 19.7 Å². The number of nitrogens with one attached hydrogen (secondary N) is 2. The first kappa shape index (κ1) is 23.4. The Morgan fingerprint density at radius 2 is 1.76 bits per heavy atom. The average Bonchev–Trinajstić information content (AvgIpc) is 3.34. The van der Waals surface area contributed by atoms with E-state index in [1.54, 1.807) is 0 Å². The monoisotopic (exact) mass is 472 g/mol. The van der Waals surface area contributed by atoms with Crippen LogP contribution in [0.25, 0.3) is 5.69 Å². The van der Waals surface area contributed by atoms with Gasteiger partial charge in [0.2, 0.25) is 11.8 Å². The van der Waals surface area contributed by atoms with Crippen LogP contribution in [0.15, 0.2) is 61.2 Å². The van der Waals surface area contributed by atoms with Crippen molar-refractivity contribution in [2.75, 3.05) is 30.3 Å². The van der Waals surface area contributed by atoms with Gasteiger partial charge in [-0.1, -0.05) is 18.2 Å². The molecule has 0 bridgehead atoms. The Bertz CT molecular complexity index is 1130. The first-order valence-corrected chi connectivity index (χ1v) is 10.7. The predicted octanol–water partition coefficient (Wildman–Crippen LogP) is 3.58. The molecular weight excluding hydrogens is 449 g/mol. The third-order valence-electron chi connectivity index (χ3n) is 5.63. The molecule has 1 saturated heterocycles. The highest BCUT2D eigenvalue weighted by molar-refractivity contribution is 5.94. The molecule has 4 rings (SSSR count). The zero-order chi connectivity index (χ0) is 24.1. The number of anilines is 2. The number of nitrogens with zero attached hydrogens (tertiary/aromatic N) is 4. The van der Waals surface area contributed by atoms with Gasteiger partial charge < -0.3 is 10.6 Å². The maximum atomic E-state index is 13.2. The number of hydrogen-bond acceptors (Lipinski definition) is 5. The van der Waals surface area contributed by atoms with Crippen molar-refractivity contribution >= 4 is 23.2 Å². The van der Waals surface area contributed by atoms with Gasteiger partial charge in [0.15, 0.2) is 0 Å². The molecule has 3 aromatic rings. The SMILES string of the molecule is O=C(CN1CCC(C(=O)Nc2ccccc2)CC1)Nc1cc(C(F)(F)F)ccc1-n1cncn1. The van der Waals surface area contributed by atoms with Crippen molar-refractivity contribution in [2.24, 2.45) is 5.92 Å². The molecule has 0 aliphatic carbocycles. The quantitative estimate of drug-likeness (QED) is 0.572. The molecule has 11 heteroatoms. The lowest BCUT2D eigenvalue weighted by molar-refractivity contribution is -0.137. The van der Waals surface area contributed by atoms with Crippen LogP contribution in [0, 0.1) is 5.92 Å². The molecule has 1 aliphatic heterocycles. The van der Waals surface area contributed by atoms with Crippen molar-refractivity contribution in [3.05, 3.63) is 66.7 Å². The molecule has 2 N–H and O–H groups in total. The zero-order valence-corrected chi connectivity index (χ0v) is 18.1. The largest absolute Gasteiger partial charge is 0.416 e. The topological polar surface area (TPSA) is 92.2 Å². The third-order valence-corrected chi connectivity index (χ3v) is 5.63. The second kappa shape index (κ2) is 10.0. The Balaban J connectivity index is 1.36. The Hall–Kier alpha value is -3.73. The van der Waals surface area contributed by atoms with E-state index < -0.39 is 17.6 Å². The van der Waals surface area contributed by atoms with Gasteiger partial charge in [-0.2, -0.15) is 18.3 Å². The minimum absolute atomic E-state index is 0.0000664. The van der Waals surface area contributed by atoms with Crippen LogP contribution in [0.2, 0.25) is 0 Å². The van der Waals surface area contributed by atoms with E-state index in [1.165, 1.54) is 23.4 Å². The highest BCUT2D eigenvalue weighted by Gasteiger charge is 2.32. The van der Waals surface area contributed by atoms with E-state index in [1.807, 2.05) is 35.2 Å². The third kappa shape index (κ3) is 5.79. The fourth-order valence-corrected chi connectivity index (χ4v) is 3.86. The summed E-state index contributed by atoms with van der Waals surface area (Å²) in [6.07, 6.45) is -0.799. The van der Waals surface area contributed by atoms with Crippen LogP contribution in [-0.4, -0.2) is 51.1 Å². The Labute approximate surface area is 193 Å². The number of rotatable bonds is 6.